The van der Waals surface area contributed by atoms with Gasteiger partial charge in [-0.3, -0.25) is 4.79 Å². The fourth-order valence-corrected chi connectivity index (χ4v) is 2.38. The van der Waals surface area contributed by atoms with Crippen LogP contribution in [0.1, 0.15) is 29.8 Å². The molecular weight excluding hydrogens is 326 g/mol. The highest BCUT2D eigenvalue weighted by molar-refractivity contribution is 6.33. The van der Waals surface area contributed by atoms with Gasteiger partial charge in [0.05, 0.1) is 24.4 Å². The van der Waals surface area contributed by atoms with Gasteiger partial charge in [-0.2, -0.15) is 0 Å². The molecule has 1 N–H and O–H groups in total. The molecule has 0 aliphatic rings. The highest BCUT2D eigenvalue weighted by Crippen LogP contribution is 2.24. The van der Waals surface area contributed by atoms with Gasteiger partial charge < -0.3 is 14.8 Å². The highest BCUT2D eigenvalue weighted by Gasteiger charge is 2.12. The van der Waals surface area contributed by atoms with Gasteiger partial charge in [-0.25, -0.2) is 0 Å². The average Bonchev–Trinajstić information content (AvgIpc) is 2.56. The van der Waals surface area contributed by atoms with Crippen molar-refractivity contribution in [2.75, 3.05) is 19.0 Å². The zero-order valence-corrected chi connectivity index (χ0v) is 14.9. The molecule has 0 heterocycles. The second kappa shape index (κ2) is 8.71. The molecule has 2 rings (SSSR count). The largest absolute Gasteiger partial charge is 0.496 e. The second-order valence-corrected chi connectivity index (χ2v) is 6.28. The number of hydrogen-bond acceptors (Lipinski definition) is 3. The van der Waals surface area contributed by atoms with Gasteiger partial charge >= 0.3 is 0 Å². The van der Waals surface area contributed by atoms with Crippen LogP contribution in [0.5, 0.6) is 5.75 Å². The van der Waals surface area contributed by atoms with Crippen LogP contribution < -0.4 is 10.1 Å². The van der Waals surface area contributed by atoms with Crippen LogP contribution in [0, 0.1) is 5.92 Å². The molecule has 0 saturated carbocycles. The Morgan fingerprint density at radius 2 is 1.96 bits per heavy atom. The van der Waals surface area contributed by atoms with Crippen molar-refractivity contribution in [2.24, 2.45) is 5.92 Å². The van der Waals surface area contributed by atoms with Crippen molar-refractivity contribution in [2.45, 2.75) is 20.5 Å². The standard InChI is InChI=1S/C19H22ClNO3/c1-13(2)11-24-12-15-10-14(8-9-18(15)23-3)19(22)21-17-7-5-4-6-16(17)20/h4-10,13H,11-12H2,1-3H3,(H,21,22). The summed E-state index contributed by atoms with van der Waals surface area (Å²) >= 11 is 6.08. The minimum absolute atomic E-state index is 0.226. The number of anilines is 1. The van der Waals surface area contributed by atoms with E-state index in [4.69, 9.17) is 21.1 Å². The van der Waals surface area contributed by atoms with E-state index in [1.54, 1.807) is 37.4 Å². The van der Waals surface area contributed by atoms with Crippen LogP contribution in [0.4, 0.5) is 5.69 Å². The molecule has 2 aromatic rings. The van der Waals surface area contributed by atoms with Crippen molar-refractivity contribution < 1.29 is 14.3 Å². The maximum atomic E-state index is 12.4. The summed E-state index contributed by atoms with van der Waals surface area (Å²) in [4.78, 5) is 12.4. The summed E-state index contributed by atoms with van der Waals surface area (Å²) in [6.45, 7) is 5.23. The van der Waals surface area contributed by atoms with E-state index < -0.39 is 0 Å². The summed E-state index contributed by atoms with van der Waals surface area (Å²) in [5.74, 6) is 0.923. The smallest absolute Gasteiger partial charge is 0.255 e. The van der Waals surface area contributed by atoms with E-state index in [0.29, 0.717) is 41.2 Å². The number of nitrogens with one attached hydrogen (secondary N) is 1. The van der Waals surface area contributed by atoms with Gasteiger partial charge in [0.25, 0.3) is 5.91 Å². The molecule has 0 spiro atoms. The Kier molecular flexibility index (Phi) is 6.64. The molecule has 0 radical (unpaired) electrons. The molecule has 2 aromatic carbocycles. The van der Waals surface area contributed by atoms with Gasteiger partial charge in [0, 0.05) is 17.7 Å². The van der Waals surface area contributed by atoms with Gasteiger partial charge in [-0.05, 0) is 36.2 Å². The molecule has 0 bridgehead atoms. The molecule has 0 unspecified atom stereocenters. The van der Waals surface area contributed by atoms with Gasteiger partial charge in [0.15, 0.2) is 0 Å². The molecule has 0 fully saturated rings. The molecule has 24 heavy (non-hydrogen) atoms. The van der Waals surface area contributed by atoms with Crippen molar-refractivity contribution in [3.63, 3.8) is 0 Å². The van der Waals surface area contributed by atoms with Gasteiger partial charge in [0.1, 0.15) is 5.75 Å². The number of carbonyl (C=O) groups excluding carboxylic acids is 1. The van der Waals surface area contributed by atoms with Crippen molar-refractivity contribution >= 4 is 23.2 Å². The first-order chi connectivity index (χ1) is 11.5. The van der Waals surface area contributed by atoms with Crippen molar-refractivity contribution in [1.29, 1.82) is 0 Å². The van der Waals surface area contributed by atoms with E-state index in [9.17, 15) is 4.79 Å². The lowest BCUT2D eigenvalue weighted by Gasteiger charge is -2.13. The van der Waals surface area contributed by atoms with Gasteiger partial charge in [-0.15, -0.1) is 0 Å². The van der Waals surface area contributed by atoms with Crippen LogP contribution in [0.25, 0.3) is 0 Å². The van der Waals surface area contributed by atoms with E-state index in [2.05, 4.69) is 19.2 Å². The van der Waals surface area contributed by atoms with Crippen LogP contribution in [0.15, 0.2) is 42.5 Å². The molecular formula is C19H22ClNO3. The lowest BCUT2D eigenvalue weighted by Crippen LogP contribution is -2.13. The third-order valence-corrected chi connectivity index (χ3v) is 3.70. The quantitative estimate of drug-likeness (QED) is 0.784. The first-order valence-corrected chi connectivity index (χ1v) is 8.19. The molecule has 1 amide bonds. The first-order valence-electron chi connectivity index (χ1n) is 7.81. The Balaban J connectivity index is 2.14. The molecule has 0 saturated heterocycles. The monoisotopic (exact) mass is 347 g/mol. The third kappa shape index (κ3) is 4.98. The number of ether oxygens (including phenoxy) is 2. The fraction of sp³-hybridized carbons (Fsp3) is 0.316. The summed E-state index contributed by atoms with van der Waals surface area (Å²) in [5, 5.41) is 3.31. The Morgan fingerprint density at radius 1 is 1.21 bits per heavy atom. The summed E-state index contributed by atoms with van der Waals surface area (Å²) in [6, 6.07) is 12.4. The van der Waals surface area contributed by atoms with E-state index in [1.807, 2.05) is 12.1 Å². The fourth-order valence-electron chi connectivity index (χ4n) is 2.19. The number of methoxy groups -OCH3 is 1. The van der Waals surface area contributed by atoms with Crippen LogP contribution in [-0.2, 0) is 11.3 Å². The zero-order chi connectivity index (χ0) is 17.5. The predicted molar refractivity (Wildman–Crippen MR) is 96.9 cm³/mol. The molecule has 0 aliphatic heterocycles. The molecule has 4 nitrogen and oxygen atoms in total. The first kappa shape index (κ1) is 18.3. The minimum Gasteiger partial charge on any atom is -0.496 e. The van der Waals surface area contributed by atoms with Crippen molar-refractivity contribution in [3.8, 4) is 5.75 Å². The van der Waals surface area contributed by atoms with E-state index in [-0.39, 0.29) is 5.91 Å². The molecule has 128 valence electrons. The van der Waals surface area contributed by atoms with Crippen molar-refractivity contribution in [3.05, 3.63) is 58.6 Å². The maximum Gasteiger partial charge on any atom is 0.255 e. The van der Waals surface area contributed by atoms with Crippen LogP contribution in [0.2, 0.25) is 5.02 Å². The van der Waals surface area contributed by atoms with Crippen LogP contribution in [0.3, 0.4) is 0 Å². The Bertz CT molecular complexity index is 701. The maximum absolute atomic E-state index is 12.4. The molecule has 0 aliphatic carbocycles. The number of amides is 1. The van der Waals surface area contributed by atoms with Gasteiger partial charge in [0.2, 0.25) is 0 Å². The summed E-state index contributed by atoms with van der Waals surface area (Å²) in [6.07, 6.45) is 0. The predicted octanol–water partition coefficient (Wildman–Crippen LogP) is 4.77. The Morgan fingerprint density at radius 3 is 2.62 bits per heavy atom. The van der Waals surface area contributed by atoms with Crippen molar-refractivity contribution in [1.82, 2.24) is 0 Å². The van der Waals surface area contributed by atoms with E-state index >= 15 is 0 Å². The minimum atomic E-state index is -0.226. The molecule has 5 heteroatoms. The lowest BCUT2D eigenvalue weighted by molar-refractivity contribution is 0.0952. The number of para-hydroxylation sites is 1. The lowest BCUT2D eigenvalue weighted by atomic mass is 10.1. The number of carbonyl (C=O) groups is 1. The normalized spacial score (nSPS) is 10.7. The topological polar surface area (TPSA) is 47.6 Å². The van der Waals surface area contributed by atoms with Gasteiger partial charge in [-0.1, -0.05) is 37.6 Å². The summed E-state index contributed by atoms with van der Waals surface area (Å²) in [5.41, 5.74) is 1.95. The number of hydrogen-bond donors (Lipinski definition) is 1. The molecule has 0 atom stereocenters. The third-order valence-electron chi connectivity index (χ3n) is 3.37. The SMILES string of the molecule is COc1ccc(C(=O)Nc2ccccc2Cl)cc1COCC(C)C. The van der Waals surface area contributed by atoms with Crippen LogP contribution in [-0.4, -0.2) is 19.6 Å². The highest BCUT2D eigenvalue weighted by atomic mass is 35.5. The zero-order valence-electron chi connectivity index (χ0n) is 14.1. The van der Waals surface area contributed by atoms with E-state index in [1.165, 1.54) is 0 Å². The molecule has 0 aromatic heterocycles. The Labute approximate surface area is 147 Å². The van der Waals surface area contributed by atoms with E-state index in [0.717, 1.165) is 5.56 Å². The second-order valence-electron chi connectivity index (χ2n) is 5.87. The number of benzene rings is 2. The van der Waals surface area contributed by atoms with Crippen LogP contribution >= 0.6 is 11.6 Å². The summed E-state index contributed by atoms with van der Waals surface area (Å²) in [7, 11) is 1.60. The number of halogens is 1. The number of rotatable bonds is 7. The average molecular weight is 348 g/mol. The summed E-state index contributed by atoms with van der Waals surface area (Å²) < 4.78 is 11.0. The Hall–Kier alpha value is -2.04.